The van der Waals surface area contributed by atoms with Crippen molar-refractivity contribution in [3.05, 3.63) is 58.1 Å². The minimum atomic E-state index is -3.73. The molecule has 164 valence electrons. The summed E-state index contributed by atoms with van der Waals surface area (Å²) < 4.78 is 34.8. The molecule has 1 fully saturated rings. The lowest BCUT2D eigenvalue weighted by Gasteiger charge is -2.24. The molecule has 0 unspecified atom stereocenters. The lowest BCUT2D eigenvalue weighted by atomic mass is 9.98. The number of sulfonamides is 1. The molecule has 0 heterocycles. The highest BCUT2D eigenvalue weighted by Gasteiger charge is 2.23. The topological polar surface area (TPSA) is 58.6 Å². The van der Waals surface area contributed by atoms with Crippen LogP contribution in [0.5, 0.6) is 5.75 Å². The highest BCUT2D eigenvalue weighted by molar-refractivity contribution is 7.89. The molecule has 0 bridgehead atoms. The summed E-state index contributed by atoms with van der Waals surface area (Å²) in [5, 5.41) is 0.821. The minimum Gasteiger partial charge on any atom is -0.490 e. The van der Waals surface area contributed by atoms with Gasteiger partial charge >= 0.3 is 0 Å². The van der Waals surface area contributed by atoms with Gasteiger partial charge in [-0.25, -0.2) is 13.1 Å². The smallest absolute Gasteiger partial charge is 0.241 e. The molecule has 5 nitrogen and oxygen atoms in total. The lowest BCUT2D eigenvalue weighted by Crippen LogP contribution is -2.35. The molecule has 1 aliphatic carbocycles. The van der Waals surface area contributed by atoms with Crippen LogP contribution in [0.2, 0.25) is 10.0 Å². The van der Waals surface area contributed by atoms with Crippen LogP contribution in [0.1, 0.15) is 43.7 Å². The fourth-order valence-electron chi connectivity index (χ4n) is 3.63. The van der Waals surface area contributed by atoms with E-state index in [1.165, 1.54) is 19.3 Å². The Kier molecular flexibility index (Phi) is 8.04. The molecule has 0 radical (unpaired) electrons. The van der Waals surface area contributed by atoms with E-state index in [-0.39, 0.29) is 11.0 Å². The van der Waals surface area contributed by atoms with Gasteiger partial charge in [0.1, 0.15) is 5.75 Å². The molecular weight excluding hydrogens is 443 g/mol. The van der Waals surface area contributed by atoms with Crippen LogP contribution >= 0.6 is 23.2 Å². The zero-order chi connectivity index (χ0) is 21.7. The maximum atomic E-state index is 13.0. The van der Waals surface area contributed by atoms with E-state index < -0.39 is 16.1 Å². The van der Waals surface area contributed by atoms with Gasteiger partial charge in [0.15, 0.2) is 0 Å². The van der Waals surface area contributed by atoms with Crippen LogP contribution in [0, 0.1) is 0 Å². The summed E-state index contributed by atoms with van der Waals surface area (Å²) in [6.07, 6.45) is 5.95. The van der Waals surface area contributed by atoms with E-state index in [1.807, 2.05) is 19.0 Å². The molecule has 8 heteroatoms. The molecule has 2 aromatic carbocycles. The van der Waals surface area contributed by atoms with Crippen LogP contribution in [-0.4, -0.2) is 40.1 Å². The van der Waals surface area contributed by atoms with Crippen molar-refractivity contribution >= 4 is 33.2 Å². The summed E-state index contributed by atoms with van der Waals surface area (Å²) in [6, 6.07) is 11.3. The predicted octanol–water partition coefficient (Wildman–Crippen LogP) is 5.29. The largest absolute Gasteiger partial charge is 0.490 e. The maximum absolute atomic E-state index is 13.0. The molecule has 0 aromatic heterocycles. The van der Waals surface area contributed by atoms with Crippen LogP contribution in [0.25, 0.3) is 0 Å². The number of hydrogen-bond acceptors (Lipinski definition) is 4. The molecule has 0 saturated heterocycles. The standard InChI is InChI=1S/C22H28Cl2N2O3S/c1-26(2)15-22(16-8-13-20(23)21(24)14-16)25-30(27,28)19-11-9-18(10-12-19)29-17-6-4-3-5-7-17/h8-14,17,22,25H,3-7,15H2,1-2H3/t22-/m0/s1. The molecule has 1 atom stereocenters. The Bertz CT molecular complexity index is 943. The molecule has 1 aliphatic rings. The second-order valence-electron chi connectivity index (χ2n) is 7.96. The van der Waals surface area contributed by atoms with Gasteiger partial charge in [-0.15, -0.1) is 0 Å². The fourth-order valence-corrected chi connectivity index (χ4v) is 5.16. The third-order valence-electron chi connectivity index (χ3n) is 5.18. The average molecular weight is 471 g/mol. The second kappa shape index (κ2) is 10.3. The highest BCUT2D eigenvalue weighted by Crippen LogP contribution is 2.28. The zero-order valence-corrected chi connectivity index (χ0v) is 19.6. The Balaban J connectivity index is 1.75. The second-order valence-corrected chi connectivity index (χ2v) is 10.5. The Morgan fingerprint density at radius 2 is 1.70 bits per heavy atom. The SMILES string of the molecule is CN(C)C[C@H](NS(=O)(=O)c1ccc(OC2CCCCC2)cc1)c1ccc(Cl)c(Cl)c1. The predicted molar refractivity (Wildman–Crippen MR) is 122 cm³/mol. The molecule has 1 N–H and O–H groups in total. The summed E-state index contributed by atoms with van der Waals surface area (Å²) >= 11 is 12.2. The highest BCUT2D eigenvalue weighted by atomic mass is 35.5. The number of rotatable bonds is 8. The third-order valence-corrected chi connectivity index (χ3v) is 7.41. The Morgan fingerprint density at radius 1 is 1.03 bits per heavy atom. The number of nitrogens with one attached hydrogen (secondary N) is 1. The molecule has 0 spiro atoms. The first-order chi connectivity index (χ1) is 14.2. The molecular formula is C22H28Cl2N2O3S. The van der Waals surface area contributed by atoms with Crippen molar-refractivity contribution in [1.29, 1.82) is 0 Å². The van der Waals surface area contributed by atoms with Gasteiger partial charge in [0.2, 0.25) is 10.0 Å². The number of ether oxygens (including phenoxy) is 1. The van der Waals surface area contributed by atoms with Gasteiger partial charge in [-0.3, -0.25) is 0 Å². The minimum absolute atomic E-state index is 0.197. The van der Waals surface area contributed by atoms with Gasteiger partial charge < -0.3 is 9.64 Å². The normalized spacial score (nSPS) is 16.6. The monoisotopic (exact) mass is 470 g/mol. The number of hydrogen-bond donors (Lipinski definition) is 1. The maximum Gasteiger partial charge on any atom is 0.241 e. The molecule has 1 saturated carbocycles. The third kappa shape index (κ3) is 6.34. The van der Waals surface area contributed by atoms with E-state index in [4.69, 9.17) is 27.9 Å². The number of nitrogens with zero attached hydrogens (tertiary/aromatic N) is 1. The Labute approximate surface area is 189 Å². The summed E-state index contributed by atoms with van der Waals surface area (Å²) in [5.41, 5.74) is 0.749. The van der Waals surface area contributed by atoms with Crippen molar-refractivity contribution < 1.29 is 13.2 Å². The first kappa shape index (κ1) is 23.4. The van der Waals surface area contributed by atoms with Gasteiger partial charge in [0, 0.05) is 6.54 Å². The van der Waals surface area contributed by atoms with Crippen LogP contribution in [0.3, 0.4) is 0 Å². The Hall–Kier alpha value is -1.31. The van der Waals surface area contributed by atoms with Crippen molar-refractivity contribution in [1.82, 2.24) is 9.62 Å². The van der Waals surface area contributed by atoms with Crippen molar-refractivity contribution in [3.63, 3.8) is 0 Å². The van der Waals surface area contributed by atoms with Crippen LogP contribution < -0.4 is 9.46 Å². The van der Waals surface area contributed by atoms with Gasteiger partial charge in [-0.05, 0) is 81.7 Å². The Morgan fingerprint density at radius 3 is 2.30 bits per heavy atom. The van der Waals surface area contributed by atoms with E-state index in [0.29, 0.717) is 22.3 Å². The van der Waals surface area contributed by atoms with Gasteiger partial charge in [0.25, 0.3) is 0 Å². The van der Waals surface area contributed by atoms with Crippen molar-refractivity contribution in [2.45, 2.75) is 49.1 Å². The van der Waals surface area contributed by atoms with E-state index in [2.05, 4.69) is 4.72 Å². The summed E-state index contributed by atoms with van der Waals surface area (Å²) in [4.78, 5) is 2.11. The van der Waals surface area contributed by atoms with E-state index in [9.17, 15) is 8.42 Å². The molecule has 2 aromatic rings. The van der Waals surface area contributed by atoms with E-state index in [1.54, 1.807) is 42.5 Å². The molecule has 0 amide bonds. The first-order valence-corrected chi connectivity index (χ1v) is 12.4. The number of benzene rings is 2. The van der Waals surface area contributed by atoms with Gasteiger partial charge in [0.05, 0.1) is 27.1 Å². The summed E-state index contributed by atoms with van der Waals surface area (Å²) in [5.74, 6) is 0.704. The molecule has 0 aliphatic heterocycles. The molecule has 3 rings (SSSR count). The quantitative estimate of drug-likeness (QED) is 0.569. The molecule has 30 heavy (non-hydrogen) atoms. The summed E-state index contributed by atoms with van der Waals surface area (Å²) in [6.45, 7) is 0.472. The van der Waals surface area contributed by atoms with Crippen LogP contribution in [0.15, 0.2) is 47.4 Å². The van der Waals surface area contributed by atoms with Crippen molar-refractivity contribution in [2.24, 2.45) is 0 Å². The summed E-state index contributed by atoms with van der Waals surface area (Å²) in [7, 11) is 0.0359. The van der Waals surface area contributed by atoms with Crippen molar-refractivity contribution in [3.8, 4) is 5.75 Å². The number of halogens is 2. The van der Waals surface area contributed by atoms with Gasteiger partial charge in [-0.1, -0.05) is 35.7 Å². The fraction of sp³-hybridized carbons (Fsp3) is 0.455. The number of likely N-dealkylation sites (N-methyl/N-ethyl adjacent to an activating group) is 1. The first-order valence-electron chi connectivity index (χ1n) is 10.1. The lowest BCUT2D eigenvalue weighted by molar-refractivity contribution is 0.155. The van der Waals surface area contributed by atoms with Crippen LogP contribution in [0.4, 0.5) is 0 Å². The average Bonchev–Trinajstić information content (AvgIpc) is 2.70. The van der Waals surface area contributed by atoms with E-state index >= 15 is 0 Å². The van der Waals surface area contributed by atoms with Crippen LogP contribution in [-0.2, 0) is 10.0 Å². The van der Waals surface area contributed by atoms with Gasteiger partial charge in [-0.2, -0.15) is 0 Å². The van der Waals surface area contributed by atoms with Crippen molar-refractivity contribution in [2.75, 3.05) is 20.6 Å². The zero-order valence-electron chi connectivity index (χ0n) is 17.3. The van der Waals surface area contributed by atoms with E-state index in [0.717, 1.165) is 18.4 Å².